The van der Waals surface area contributed by atoms with E-state index in [4.69, 9.17) is 15.0 Å². The Morgan fingerprint density at radius 3 is 1.29 bits per heavy atom. The van der Waals surface area contributed by atoms with Crippen LogP contribution in [-0.2, 0) is 0 Å². The van der Waals surface area contributed by atoms with Gasteiger partial charge in [-0.15, -0.1) is 0 Å². The van der Waals surface area contributed by atoms with Crippen molar-refractivity contribution < 1.29 is 0 Å². The van der Waals surface area contributed by atoms with Gasteiger partial charge in [-0.1, -0.05) is 218 Å². The van der Waals surface area contributed by atoms with Crippen LogP contribution in [0.4, 0.5) is 0 Å². The predicted octanol–water partition coefficient (Wildman–Crippen LogP) is 16.5. The van der Waals surface area contributed by atoms with Crippen molar-refractivity contribution in [3.05, 3.63) is 237 Å². The van der Waals surface area contributed by atoms with Crippen molar-refractivity contribution in [3.8, 4) is 101 Å². The summed E-state index contributed by atoms with van der Waals surface area (Å²) in [6.45, 7) is 0. The van der Waals surface area contributed by atoms with Crippen molar-refractivity contribution in [3.63, 3.8) is 0 Å². The molecule has 11 aromatic rings. The molecule has 1 aromatic heterocycles. The quantitative estimate of drug-likeness (QED) is 0.173. The summed E-state index contributed by atoms with van der Waals surface area (Å²) < 4.78 is 0. The van der Waals surface area contributed by atoms with Crippen LogP contribution in [0.25, 0.3) is 112 Å². The van der Waals surface area contributed by atoms with Gasteiger partial charge in [-0.25, -0.2) is 15.0 Å². The van der Waals surface area contributed by atoms with Crippen molar-refractivity contribution in [2.45, 2.75) is 9.79 Å². The molecule has 1 aliphatic rings. The van der Waals surface area contributed by atoms with Gasteiger partial charge < -0.3 is 0 Å². The van der Waals surface area contributed by atoms with E-state index in [1.165, 1.54) is 42.8 Å². The molecule has 12 rings (SSSR count). The fourth-order valence-corrected chi connectivity index (χ4v) is 10.4. The normalized spacial score (nSPS) is 11.6. The van der Waals surface area contributed by atoms with Crippen molar-refractivity contribution in [2.75, 3.05) is 0 Å². The summed E-state index contributed by atoms with van der Waals surface area (Å²) in [6, 6.07) is 84.5. The van der Waals surface area contributed by atoms with Crippen LogP contribution in [0.5, 0.6) is 0 Å². The molecule has 4 heteroatoms. The van der Waals surface area contributed by atoms with E-state index in [2.05, 4.69) is 218 Å². The second-order valence-electron chi connectivity index (χ2n) is 16.3. The highest BCUT2D eigenvalue weighted by molar-refractivity contribution is 7.99. The summed E-state index contributed by atoms with van der Waals surface area (Å²) in [5.41, 5.74) is 16.6. The molecule has 0 spiro atoms. The van der Waals surface area contributed by atoms with Crippen LogP contribution in [0, 0.1) is 0 Å². The molecule has 0 unspecified atom stereocenters. The highest BCUT2D eigenvalue weighted by Crippen LogP contribution is 2.51. The van der Waals surface area contributed by atoms with Gasteiger partial charge in [-0.05, 0) is 108 Å². The monoisotopic (exact) mass is 845 g/mol. The molecular weight excluding hydrogens is 807 g/mol. The molecule has 0 saturated heterocycles. The van der Waals surface area contributed by atoms with E-state index in [-0.39, 0.29) is 0 Å². The van der Waals surface area contributed by atoms with E-state index in [9.17, 15) is 0 Å². The van der Waals surface area contributed by atoms with E-state index in [1.54, 1.807) is 0 Å². The Balaban J connectivity index is 1.13. The second kappa shape index (κ2) is 16.5. The zero-order chi connectivity index (χ0) is 43.1. The Hall–Kier alpha value is -8.18. The molecular formula is C61H39N3S. The number of benzene rings is 10. The van der Waals surface area contributed by atoms with Crippen LogP contribution in [0.3, 0.4) is 0 Å². The zero-order valence-electron chi connectivity index (χ0n) is 35.3. The fourth-order valence-electron chi connectivity index (χ4n) is 9.20. The minimum absolute atomic E-state index is 0.608. The Morgan fingerprint density at radius 2 is 0.677 bits per heavy atom. The van der Waals surface area contributed by atoms with E-state index >= 15 is 0 Å². The van der Waals surface area contributed by atoms with E-state index in [1.807, 2.05) is 30.0 Å². The van der Waals surface area contributed by atoms with Gasteiger partial charge in [0.25, 0.3) is 0 Å². The smallest absolute Gasteiger partial charge is 0.164 e. The first-order chi connectivity index (χ1) is 32.2. The van der Waals surface area contributed by atoms with Crippen LogP contribution in [0.1, 0.15) is 0 Å². The van der Waals surface area contributed by atoms with Gasteiger partial charge >= 0.3 is 0 Å². The van der Waals surface area contributed by atoms with Crippen molar-refractivity contribution in [1.29, 1.82) is 0 Å². The first kappa shape index (κ1) is 38.5. The number of aromatic nitrogens is 3. The Bertz CT molecular complexity index is 3510. The van der Waals surface area contributed by atoms with E-state index < -0.39 is 0 Å². The molecule has 0 amide bonds. The largest absolute Gasteiger partial charge is 0.208 e. The Labute approximate surface area is 382 Å². The van der Waals surface area contributed by atoms with Gasteiger partial charge in [0.1, 0.15) is 0 Å². The molecule has 3 nitrogen and oxygen atoms in total. The van der Waals surface area contributed by atoms with E-state index in [0.29, 0.717) is 17.5 Å². The number of hydrogen-bond acceptors (Lipinski definition) is 4. The first-order valence-corrected chi connectivity index (χ1v) is 22.7. The SMILES string of the molecule is c1ccc(-c2cc(-c3ccccc3)cc(-c3nc(-c4ccccc4)nc(-c4ccc5c(c4)-c4ccc6ccccc6c4Sc4ccccc4-c4ccccc4-c4ccccc4-5)n3)c2)cc1. The van der Waals surface area contributed by atoms with Crippen LogP contribution in [0.2, 0.25) is 0 Å². The van der Waals surface area contributed by atoms with Crippen LogP contribution in [-0.4, -0.2) is 15.0 Å². The summed E-state index contributed by atoms with van der Waals surface area (Å²) in [5.74, 6) is 1.84. The average Bonchev–Trinajstić information content (AvgIpc) is 3.40. The molecule has 0 bridgehead atoms. The average molecular weight is 846 g/mol. The maximum absolute atomic E-state index is 5.39. The van der Waals surface area contributed by atoms with Crippen molar-refractivity contribution in [1.82, 2.24) is 15.0 Å². The summed E-state index contributed by atoms with van der Waals surface area (Å²) in [7, 11) is 0. The lowest BCUT2D eigenvalue weighted by Gasteiger charge is -2.19. The van der Waals surface area contributed by atoms with Gasteiger partial charge in [0.15, 0.2) is 17.5 Å². The predicted molar refractivity (Wildman–Crippen MR) is 270 cm³/mol. The second-order valence-corrected chi connectivity index (χ2v) is 17.4. The van der Waals surface area contributed by atoms with Crippen molar-refractivity contribution in [2.24, 2.45) is 0 Å². The Morgan fingerprint density at radius 1 is 0.246 bits per heavy atom. The minimum Gasteiger partial charge on any atom is -0.208 e. The van der Waals surface area contributed by atoms with Gasteiger partial charge in [-0.3, -0.25) is 0 Å². The molecule has 0 saturated carbocycles. The van der Waals surface area contributed by atoms with Gasteiger partial charge in [-0.2, -0.15) is 0 Å². The van der Waals surface area contributed by atoms with Crippen LogP contribution in [0.15, 0.2) is 246 Å². The fraction of sp³-hybridized carbons (Fsp3) is 0. The molecule has 1 aliphatic heterocycles. The Kier molecular flexibility index (Phi) is 9.77. The molecule has 2 heterocycles. The molecule has 10 aromatic carbocycles. The lowest BCUT2D eigenvalue weighted by Crippen LogP contribution is -2.01. The standard InChI is InChI=1S/C61H39N3S/c1-4-18-40(19-5-1)45-36-46(41-20-6-2-7-21-41)38-47(37-45)61-63-59(43-23-8-3-9-24-43)62-60(64-61)44-33-34-53-51-28-13-12-26-49(51)50-27-14-15-29-52(50)54-30-16-17-31-57(54)65-58-48-25-11-10-22-42(48)32-35-55(58)56(53)39-44/h1-39H. The maximum atomic E-state index is 5.39. The zero-order valence-corrected chi connectivity index (χ0v) is 36.1. The molecule has 0 N–H and O–H groups in total. The van der Waals surface area contributed by atoms with Gasteiger partial charge in [0, 0.05) is 26.5 Å². The van der Waals surface area contributed by atoms with Crippen LogP contribution < -0.4 is 0 Å². The number of nitrogens with zero attached hydrogens (tertiary/aromatic N) is 3. The summed E-state index contributed by atoms with van der Waals surface area (Å²) >= 11 is 1.84. The molecule has 304 valence electrons. The third-order valence-electron chi connectivity index (χ3n) is 12.3. The first-order valence-electron chi connectivity index (χ1n) is 21.9. The topological polar surface area (TPSA) is 38.7 Å². The summed E-state index contributed by atoms with van der Waals surface area (Å²) in [4.78, 5) is 18.3. The number of hydrogen-bond donors (Lipinski definition) is 0. The molecule has 0 aliphatic carbocycles. The third kappa shape index (κ3) is 7.20. The van der Waals surface area contributed by atoms with Gasteiger partial charge in [0.2, 0.25) is 0 Å². The molecule has 0 fully saturated rings. The third-order valence-corrected chi connectivity index (χ3v) is 13.6. The van der Waals surface area contributed by atoms with Crippen molar-refractivity contribution >= 4 is 22.5 Å². The summed E-state index contributed by atoms with van der Waals surface area (Å²) in [5, 5.41) is 2.41. The minimum atomic E-state index is 0.608. The molecule has 65 heavy (non-hydrogen) atoms. The maximum Gasteiger partial charge on any atom is 0.164 e. The highest BCUT2D eigenvalue weighted by atomic mass is 32.2. The number of rotatable bonds is 5. The molecule has 0 atom stereocenters. The molecule has 0 radical (unpaired) electrons. The highest BCUT2D eigenvalue weighted by Gasteiger charge is 2.24. The summed E-state index contributed by atoms with van der Waals surface area (Å²) in [6.07, 6.45) is 0. The lowest BCUT2D eigenvalue weighted by molar-refractivity contribution is 1.07. The van der Waals surface area contributed by atoms with Crippen LogP contribution >= 0.6 is 11.8 Å². The van der Waals surface area contributed by atoms with Gasteiger partial charge in [0.05, 0.1) is 0 Å². The lowest BCUT2D eigenvalue weighted by atomic mass is 9.86. The van der Waals surface area contributed by atoms with E-state index in [0.717, 1.165) is 61.2 Å². The number of fused-ring (bicyclic) bond motifs is 11.